The van der Waals surface area contributed by atoms with E-state index in [9.17, 15) is 9.59 Å². The molecule has 0 aliphatic carbocycles. The zero-order chi connectivity index (χ0) is 20.9. The van der Waals surface area contributed by atoms with Gasteiger partial charge in [-0.15, -0.1) is 0 Å². The quantitative estimate of drug-likeness (QED) is 0.679. The number of fused-ring (bicyclic) bond motifs is 2. The van der Waals surface area contributed by atoms with Gasteiger partial charge in [0.2, 0.25) is 0 Å². The first-order chi connectivity index (χ1) is 13.8. The lowest BCUT2D eigenvalue weighted by atomic mass is 9.94. The van der Waals surface area contributed by atoms with Gasteiger partial charge in [-0.3, -0.25) is 9.59 Å². The Morgan fingerprint density at radius 3 is 2.41 bits per heavy atom. The molecule has 2 aromatic carbocycles. The number of rotatable bonds is 5. The Kier molecular flexibility index (Phi) is 5.16. The summed E-state index contributed by atoms with van der Waals surface area (Å²) >= 11 is 6.51. The SMILES string of the molecule is CC(C)c1ccc2c(c1)CN(CCC(C)c1cc3c(cc1Cl)C(=O)N(C)C3)C2=O. The van der Waals surface area contributed by atoms with E-state index >= 15 is 0 Å². The molecule has 5 heteroatoms. The molecule has 0 radical (unpaired) electrons. The summed E-state index contributed by atoms with van der Waals surface area (Å²) in [5, 5.41) is 0.637. The third-order valence-electron chi connectivity index (χ3n) is 6.24. The fourth-order valence-electron chi connectivity index (χ4n) is 4.32. The lowest BCUT2D eigenvalue weighted by Gasteiger charge is -2.20. The normalized spacial score (nSPS) is 16.6. The molecule has 2 aromatic rings. The van der Waals surface area contributed by atoms with Gasteiger partial charge in [0.1, 0.15) is 0 Å². The van der Waals surface area contributed by atoms with E-state index in [1.165, 1.54) is 5.56 Å². The van der Waals surface area contributed by atoms with Gasteiger partial charge in [-0.1, -0.05) is 50.6 Å². The van der Waals surface area contributed by atoms with Gasteiger partial charge in [-0.05, 0) is 52.6 Å². The highest BCUT2D eigenvalue weighted by atomic mass is 35.5. The van der Waals surface area contributed by atoms with Crippen LogP contribution in [-0.2, 0) is 13.1 Å². The van der Waals surface area contributed by atoms with Crippen LogP contribution in [0.4, 0.5) is 0 Å². The van der Waals surface area contributed by atoms with E-state index in [2.05, 4.69) is 39.0 Å². The molecule has 29 heavy (non-hydrogen) atoms. The average molecular weight is 411 g/mol. The summed E-state index contributed by atoms with van der Waals surface area (Å²) in [6.45, 7) is 8.48. The molecule has 0 spiro atoms. The minimum absolute atomic E-state index is 0.0299. The molecule has 152 valence electrons. The monoisotopic (exact) mass is 410 g/mol. The lowest BCUT2D eigenvalue weighted by molar-refractivity contribution is 0.0773. The van der Waals surface area contributed by atoms with Crippen LogP contribution >= 0.6 is 11.6 Å². The highest BCUT2D eigenvalue weighted by Gasteiger charge is 2.29. The van der Waals surface area contributed by atoms with Crippen molar-refractivity contribution in [1.82, 2.24) is 9.80 Å². The van der Waals surface area contributed by atoms with Crippen LogP contribution in [0.5, 0.6) is 0 Å². The molecule has 0 aromatic heterocycles. The molecule has 4 rings (SSSR count). The van der Waals surface area contributed by atoms with Crippen molar-refractivity contribution in [2.24, 2.45) is 0 Å². The van der Waals surface area contributed by atoms with E-state index in [0.717, 1.165) is 28.7 Å². The summed E-state index contributed by atoms with van der Waals surface area (Å²) in [5.41, 5.74) is 6.04. The van der Waals surface area contributed by atoms with Gasteiger partial charge in [-0.2, -0.15) is 0 Å². The number of benzene rings is 2. The summed E-state index contributed by atoms with van der Waals surface area (Å²) in [5.74, 6) is 0.811. The van der Waals surface area contributed by atoms with Crippen molar-refractivity contribution in [2.45, 2.75) is 52.1 Å². The predicted octanol–water partition coefficient (Wildman–Crippen LogP) is 5.20. The van der Waals surface area contributed by atoms with Crippen LogP contribution in [0.3, 0.4) is 0 Å². The summed E-state index contributed by atoms with van der Waals surface area (Å²) < 4.78 is 0. The van der Waals surface area contributed by atoms with E-state index in [-0.39, 0.29) is 17.7 Å². The molecular weight excluding hydrogens is 384 g/mol. The second-order valence-corrected chi connectivity index (χ2v) is 9.09. The summed E-state index contributed by atoms with van der Waals surface area (Å²) in [7, 11) is 1.81. The number of amides is 2. The van der Waals surface area contributed by atoms with Crippen molar-refractivity contribution in [2.75, 3.05) is 13.6 Å². The van der Waals surface area contributed by atoms with Crippen LogP contribution in [0.25, 0.3) is 0 Å². The van der Waals surface area contributed by atoms with Gasteiger partial charge in [0, 0.05) is 42.8 Å². The molecule has 2 amide bonds. The van der Waals surface area contributed by atoms with E-state index in [0.29, 0.717) is 36.1 Å². The first-order valence-corrected chi connectivity index (χ1v) is 10.6. The van der Waals surface area contributed by atoms with Gasteiger partial charge < -0.3 is 9.80 Å². The molecule has 1 atom stereocenters. The second kappa shape index (κ2) is 7.49. The fraction of sp³-hybridized carbons (Fsp3) is 0.417. The van der Waals surface area contributed by atoms with Crippen LogP contribution in [0.15, 0.2) is 30.3 Å². The predicted molar refractivity (Wildman–Crippen MR) is 116 cm³/mol. The van der Waals surface area contributed by atoms with Crippen molar-refractivity contribution < 1.29 is 9.59 Å². The molecule has 0 fully saturated rings. The van der Waals surface area contributed by atoms with Crippen LogP contribution in [0.1, 0.15) is 82.0 Å². The molecule has 0 saturated heterocycles. The van der Waals surface area contributed by atoms with Crippen LogP contribution in [0, 0.1) is 0 Å². The molecule has 0 bridgehead atoms. The van der Waals surface area contributed by atoms with E-state index in [1.54, 1.807) is 18.0 Å². The maximum atomic E-state index is 12.8. The molecule has 4 nitrogen and oxygen atoms in total. The van der Waals surface area contributed by atoms with E-state index in [4.69, 9.17) is 11.6 Å². The van der Waals surface area contributed by atoms with Gasteiger partial charge in [0.15, 0.2) is 0 Å². The largest absolute Gasteiger partial charge is 0.337 e. The highest BCUT2D eigenvalue weighted by Crippen LogP contribution is 2.34. The van der Waals surface area contributed by atoms with Gasteiger partial charge >= 0.3 is 0 Å². The van der Waals surface area contributed by atoms with E-state index < -0.39 is 0 Å². The molecule has 0 N–H and O–H groups in total. The Labute approximate surface area is 177 Å². The Hall–Kier alpha value is -2.33. The number of carbonyl (C=O) groups excluding carboxylic acids is 2. The van der Waals surface area contributed by atoms with Crippen molar-refractivity contribution in [1.29, 1.82) is 0 Å². The number of hydrogen-bond donors (Lipinski definition) is 0. The van der Waals surface area contributed by atoms with Gasteiger partial charge in [0.05, 0.1) is 0 Å². The van der Waals surface area contributed by atoms with Crippen molar-refractivity contribution >= 4 is 23.4 Å². The molecule has 2 heterocycles. The first kappa shape index (κ1) is 20.0. The minimum atomic E-state index is 0.0299. The summed E-state index contributed by atoms with van der Waals surface area (Å²) in [6.07, 6.45) is 0.832. The van der Waals surface area contributed by atoms with Crippen LogP contribution in [0.2, 0.25) is 5.02 Å². The fourth-order valence-corrected chi connectivity index (χ4v) is 4.67. The molecular formula is C24H27ClN2O2. The smallest absolute Gasteiger partial charge is 0.254 e. The number of nitrogens with zero attached hydrogens (tertiary/aromatic N) is 2. The third kappa shape index (κ3) is 3.55. The molecule has 1 unspecified atom stereocenters. The Balaban J connectivity index is 1.46. The maximum Gasteiger partial charge on any atom is 0.254 e. The Morgan fingerprint density at radius 1 is 0.966 bits per heavy atom. The van der Waals surface area contributed by atoms with Crippen molar-refractivity contribution in [3.05, 3.63) is 68.7 Å². The van der Waals surface area contributed by atoms with E-state index in [1.807, 2.05) is 11.0 Å². The second-order valence-electron chi connectivity index (χ2n) is 8.68. The molecule has 0 saturated carbocycles. The molecule has 2 aliphatic heterocycles. The number of hydrogen-bond acceptors (Lipinski definition) is 2. The van der Waals surface area contributed by atoms with Crippen molar-refractivity contribution in [3.8, 4) is 0 Å². The van der Waals surface area contributed by atoms with Crippen LogP contribution < -0.4 is 0 Å². The van der Waals surface area contributed by atoms with Gasteiger partial charge in [0.25, 0.3) is 11.8 Å². The Bertz CT molecular complexity index is 999. The van der Waals surface area contributed by atoms with Crippen LogP contribution in [-0.4, -0.2) is 35.2 Å². The molecule has 2 aliphatic rings. The average Bonchev–Trinajstić information content (AvgIpc) is 3.15. The summed E-state index contributed by atoms with van der Waals surface area (Å²) in [6, 6.07) is 10.1. The van der Waals surface area contributed by atoms with Crippen molar-refractivity contribution in [3.63, 3.8) is 0 Å². The lowest BCUT2D eigenvalue weighted by Crippen LogP contribution is -2.26. The summed E-state index contributed by atoms with van der Waals surface area (Å²) in [4.78, 5) is 28.6. The zero-order valence-corrected chi connectivity index (χ0v) is 18.2. The topological polar surface area (TPSA) is 40.6 Å². The van der Waals surface area contributed by atoms with Gasteiger partial charge in [-0.25, -0.2) is 0 Å². The standard InChI is InChI=1S/C24H27ClN2O2/c1-14(2)16-5-6-19-17(9-16)13-27(24(19)29)8-7-15(3)20-10-18-12-26(4)23(28)21(18)11-22(20)25/h5-6,9-11,14-15H,7-8,12-13H2,1-4H3. The maximum absolute atomic E-state index is 12.8. The highest BCUT2D eigenvalue weighted by molar-refractivity contribution is 6.32. The first-order valence-electron chi connectivity index (χ1n) is 10.3. The number of carbonyl (C=O) groups is 2. The number of halogens is 1. The zero-order valence-electron chi connectivity index (χ0n) is 17.5. The third-order valence-corrected chi connectivity index (χ3v) is 6.57. The Morgan fingerprint density at radius 2 is 1.69 bits per heavy atom. The minimum Gasteiger partial charge on any atom is -0.337 e.